The third-order valence-corrected chi connectivity index (χ3v) is 2.39. The van der Waals surface area contributed by atoms with Gasteiger partial charge in [0.05, 0.1) is 20.3 Å². The van der Waals surface area contributed by atoms with Gasteiger partial charge in [-0.1, -0.05) is 12.1 Å². The van der Waals surface area contributed by atoms with Gasteiger partial charge >= 0.3 is 0 Å². The molecule has 0 atom stereocenters. The van der Waals surface area contributed by atoms with Crippen molar-refractivity contribution in [2.24, 2.45) is 0 Å². The van der Waals surface area contributed by atoms with Gasteiger partial charge in [-0.25, -0.2) is 0 Å². The van der Waals surface area contributed by atoms with Gasteiger partial charge in [-0.05, 0) is 17.7 Å². The van der Waals surface area contributed by atoms with Crippen LogP contribution >= 0.6 is 0 Å². The Bertz CT molecular complexity index is 275. The van der Waals surface area contributed by atoms with Crippen LogP contribution in [0, 0.1) is 0 Å². The summed E-state index contributed by atoms with van der Waals surface area (Å²) in [7, 11) is 1.67. The van der Waals surface area contributed by atoms with Crippen LogP contribution in [0.3, 0.4) is 0 Å². The van der Waals surface area contributed by atoms with E-state index >= 15 is 0 Å². The maximum absolute atomic E-state index is 5.24. The lowest BCUT2D eigenvalue weighted by Crippen LogP contribution is -2.22. The molecule has 0 saturated carbocycles. The zero-order valence-corrected chi connectivity index (χ0v) is 8.23. The molecule has 14 heavy (non-hydrogen) atoms. The first kappa shape index (κ1) is 9.49. The fourth-order valence-electron chi connectivity index (χ4n) is 1.56. The Hall–Kier alpha value is -1.06. The minimum Gasteiger partial charge on any atom is -0.497 e. The molecule has 1 aromatic carbocycles. The molecule has 2 rings (SSSR count). The van der Waals surface area contributed by atoms with Crippen molar-refractivity contribution in [2.45, 2.75) is 5.92 Å². The van der Waals surface area contributed by atoms with E-state index in [9.17, 15) is 0 Å². The number of ether oxygens (including phenoxy) is 3. The second kappa shape index (κ2) is 4.44. The summed E-state index contributed by atoms with van der Waals surface area (Å²) in [5.41, 5.74) is 1.24. The van der Waals surface area contributed by atoms with Crippen molar-refractivity contribution in [1.82, 2.24) is 0 Å². The van der Waals surface area contributed by atoms with E-state index in [1.807, 2.05) is 12.1 Å². The van der Waals surface area contributed by atoms with Gasteiger partial charge in [0.2, 0.25) is 0 Å². The fourth-order valence-corrected chi connectivity index (χ4v) is 1.56. The summed E-state index contributed by atoms with van der Waals surface area (Å²) in [4.78, 5) is 0. The molecule has 0 amide bonds. The van der Waals surface area contributed by atoms with Crippen molar-refractivity contribution in [3.05, 3.63) is 29.8 Å². The Morgan fingerprint density at radius 3 is 2.36 bits per heavy atom. The van der Waals surface area contributed by atoms with Gasteiger partial charge in [0.25, 0.3) is 0 Å². The minimum atomic E-state index is 0.356. The number of hydrogen-bond donors (Lipinski definition) is 0. The Labute approximate surface area is 83.6 Å². The average Bonchev–Trinajstić information content (AvgIpc) is 2.30. The van der Waals surface area contributed by atoms with E-state index in [-0.39, 0.29) is 0 Å². The van der Waals surface area contributed by atoms with Gasteiger partial charge in [-0.15, -0.1) is 0 Å². The van der Waals surface area contributed by atoms with Gasteiger partial charge < -0.3 is 14.2 Å². The zero-order valence-electron chi connectivity index (χ0n) is 8.23. The molecular weight excluding hydrogens is 180 g/mol. The third-order valence-electron chi connectivity index (χ3n) is 2.39. The van der Waals surface area contributed by atoms with Crippen LogP contribution in [-0.2, 0) is 9.47 Å². The highest BCUT2D eigenvalue weighted by atomic mass is 16.7. The highest BCUT2D eigenvalue weighted by Gasteiger charge is 2.16. The van der Waals surface area contributed by atoms with Crippen LogP contribution in [0.5, 0.6) is 5.75 Å². The first-order valence-corrected chi connectivity index (χ1v) is 4.69. The fraction of sp³-hybridized carbons (Fsp3) is 0.455. The lowest BCUT2D eigenvalue weighted by atomic mass is 10.0. The van der Waals surface area contributed by atoms with Crippen LogP contribution in [0.2, 0.25) is 0 Å². The lowest BCUT2D eigenvalue weighted by molar-refractivity contribution is -0.108. The largest absolute Gasteiger partial charge is 0.497 e. The topological polar surface area (TPSA) is 27.7 Å². The van der Waals surface area contributed by atoms with Gasteiger partial charge in [0.1, 0.15) is 12.5 Å². The lowest BCUT2D eigenvalue weighted by Gasteiger charge is -2.22. The van der Waals surface area contributed by atoms with Crippen LogP contribution in [0.1, 0.15) is 11.5 Å². The van der Waals surface area contributed by atoms with E-state index in [4.69, 9.17) is 14.2 Å². The number of rotatable bonds is 2. The Morgan fingerprint density at radius 2 is 1.79 bits per heavy atom. The van der Waals surface area contributed by atoms with Crippen LogP contribution in [0.15, 0.2) is 24.3 Å². The van der Waals surface area contributed by atoms with Crippen molar-refractivity contribution < 1.29 is 14.2 Å². The van der Waals surface area contributed by atoms with Crippen molar-refractivity contribution in [1.29, 1.82) is 0 Å². The van der Waals surface area contributed by atoms with Gasteiger partial charge in [0.15, 0.2) is 0 Å². The van der Waals surface area contributed by atoms with E-state index in [1.165, 1.54) is 5.56 Å². The van der Waals surface area contributed by atoms with Gasteiger partial charge in [-0.3, -0.25) is 0 Å². The number of methoxy groups -OCH3 is 1. The summed E-state index contributed by atoms with van der Waals surface area (Å²) in [6, 6.07) is 8.04. The quantitative estimate of drug-likeness (QED) is 0.718. The molecule has 0 N–H and O–H groups in total. The van der Waals surface area contributed by atoms with E-state index in [2.05, 4.69) is 12.1 Å². The summed E-state index contributed by atoms with van der Waals surface area (Å²) in [5.74, 6) is 1.24. The van der Waals surface area contributed by atoms with Crippen LogP contribution in [-0.4, -0.2) is 27.1 Å². The Morgan fingerprint density at radius 1 is 1.14 bits per heavy atom. The van der Waals surface area contributed by atoms with E-state index in [0.29, 0.717) is 12.7 Å². The molecule has 3 heteroatoms. The molecule has 0 aromatic heterocycles. The van der Waals surface area contributed by atoms with Gasteiger partial charge in [-0.2, -0.15) is 0 Å². The SMILES string of the molecule is COc1ccc(C2COCOC2)cc1. The van der Waals surface area contributed by atoms with Crippen molar-refractivity contribution in [3.8, 4) is 5.75 Å². The van der Waals surface area contributed by atoms with E-state index in [1.54, 1.807) is 7.11 Å². The van der Waals surface area contributed by atoms with Crippen molar-refractivity contribution >= 4 is 0 Å². The van der Waals surface area contributed by atoms with Crippen molar-refractivity contribution in [2.75, 3.05) is 27.1 Å². The molecule has 1 fully saturated rings. The number of benzene rings is 1. The van der Waals surface area contributed by atoms with E-state index < -0.39 is 0 Å². The molecule has 1 aliphatic rings. The number of hydrogen-bond acceptors (Lipinski definition) is 3. The Kier molecular flexibility index (Phi) is 3.01. The van der Waals surface area contributed by atoms with Gasteiger partial charge in [0, 0.05) is 5.92 Å². The first-order valence-electron chi connectivity index (χ1n) is 4.69. The zero-order chi connectivity index (χ0) is 9.80. The highest BCUT2D eigenvalue weighted by Crippen LogP contribution is 2.22. The van der Waals surface area contributed by atoms with E-state index in [0.717, 1.165) is 19.0 Å². The monoisotopic (exact) mass is 194 g/mol. The molecule has 76 valence electrons. The summed E-state index contributed by atoms with van der Waals surface area (Å²) in [6.45, 7) is 1.91. The normalized spacial score (nSPS) is 18.1. The van der Waals surface area contributed by atoms with Crippen LogP contribution < -0.4 is 4.74 Å². The van der Waals surface area contributed by atoms with Crippen LogP contribution in [0.25, 0.3) is 0 Å². The summed E-state index contributed by atoms with van der Waals surface area (Å²) >= 11 is 0. The summed E-state index contributed by atoms with van der Waals surface area (Å²) < 4.78 is 15.6. The minimum absolute atomic E-state index is 0.356. The smallest absolute Gasteiger partial charge is 0.146 e. The maximum atomic E-state index is 5.24. The molecule has 0 aliphatic carbocycles. The second-order valence-corrected chi connectivity index (χ2v) is 3.33. The molecule has 0 radical (unpaired) electrons. The average molecular weight is 194 g/mol. The summed E-state index contributed by atoms with van der Waals surface area (Å²) in [6.07, 6.45) is 0. The first-order chi connectivity index (χ1) is 6.90. The molecule has 0 bridgehead atoms. The molecule has 1 aromatic rings. The highest BCUT2D eigenvalue weighted by molar-refractivity contribution is 5.29. The molecule has 3 nitrogen and oxygen atoms in total. The second-order valence-electron chi connectivity index (χ2n) is 3.33. The molecule has 1 aliphatic heterocycles. The predicted molar refractivity (Wildman–Crippen MR) is 52.5 cm³/mol. The molecule has 1 heterocycles. The molecule has 1 saturated heterocycles. The van der Waals surface area contributed by atoms with Crippen molar-refractivity contribution in [3.63, 3.8) is 0 Å². The molecular formula is C11H14O3. The third kappa shape index (κ3) is 2.05. The predicted octanol–water partition coefficient (Wildman–Crippen LogP) is 1.78. The Balaban J connectivity index is 2.07. The van der Waals surface area contributed by atoms with Crippen LogP contribution in [0.4, 0.5) is 0 Å². The maximum Gasteiger partial charge on any atom is 0.146 e. The summed E-state index contributed by atoms with van der Waals surface area (Å²) in [5, 5.41) is 0. The molecule has 0 unspecified atom stereocenters. The standard InChI is InChI=1S/C11H14O3/c1-12-11-4-2-9(3-5-11)10-6-13-8-14-7-10/h2-5,10H,6-8H2,1H3. The molecule has 0 spiro atoms.